The van der Waals surface area contributed by atoms with Crippen LogP contribution >= 0.6 is 23.4 Å². The van der Waals surface area contributed by atoms with Crippen LogP contribution in [0.25, 0.3) is 0 Å². The lowest BCUT2D eigenvalue weighted by Crippen LogP contribution is -2.33. The Hall–Kier alpha value is -1.79. The summed E-state index contributed by atoms with van der Waals surface area (Å²) >= 11 is 7.41. The molecule has 2 heterocycles. The van der Waals surface area contributed by atoms with E-state index in [9.17, 15) is 9.59 Å². The molecule has 114 valence electrons. The van der Waals surface area contributed by atoms with Crippen molar-refractivity contribution in [1.29, 1.82) is 0 Å². The Morgan fingerprint density at radius 3 is 2.86 bits per heavy atom. The van der Waals surface area contributed by atoms with Gasteiger partial charge in [0.15, 0.2) is 5.16 Å². The Morgan fingerprint density at radius 2 is 2.18 bits per heavy atom. The molecule has 0 saturated heterocycles. The van der Waals surface area contributed by atoms with E-state index in [1.807, 2.05) is 18.4 Å². The monoisotopic (exact) mass is 335 g/mol. The zero-order chi connectivity index (χ0) is 15.9. The zero-order valence-electron chi connectivity index (χ0n) is 12.1. The Balaban J connectivity index is 2.24. The molecule has 0 fully saturated rings. The van der Waals surface area contributed by atoms with E-state index in [2.05, 4.69) is 10.3 Å². The van der Waals surface area contributed by atoms with E-state index in [-0.39, 0.29) is 23.8 Å². The number of thioether (sulfide) groups is 1. The largest absolute Gasteiger partial charge is 0.312 e. The van der Waals surface area contributed by atoms with Crippen molar-refractivity contribution < 1.29 is 4.79 Å². The predicted molar refractivity (Wildman–Crippen MR) is 87.8 cm³/mol. The summed E-state index contributed by atoms with van der Waals surface area (Å²) in [7, 11) is 1.79. The molecular weight excluding hydrogens is 322 g/mol. The first kappa shape index (κ1) is 15.1. The van der Waals surface area contributed by atoms with Gasteiger partial charge in [0.05, 0.1) is 5.56 Å². The third-order valence-electron chi connectivity index (χ3n) is 3.73. The van der Waals surface area contributed by atoms with Gasteiger partial charge in [0.1, 0.15) is 5.82 Å². The summed E-state index contributed by atoms with van der Waals surface area (Å²) in [6.07, 6.45) is 2.05. The van der Waals surface area contributed by atoms with Gasteiger partial charge in [-0.2, -0.15) is 4.98 Å². The van der Waals surface area contributed by atoms with E-state index in [0.717, 1.165) is 5.56 Å². The van der Waals surface area contributed by atoms with Crippen LogP contribution in [0, 0.1) is 0 Å². The van der Waals surface area contributed by atoms with E-state index in [0.29, 0.717) is 21.6 Å². The summed E-state index contributed by atoms with van der Waals surface area (Å²) in [6.45, 7) is 0. The summed E-state index contributed by atoms with van der Waals surface area (Å²) in [5.74, 6) is 0.0702. The predicted octanol–water partition coefficient (Wildman–Crippen LogP) is 2.63. The summed E-state index contributed by atoms with van der Waals surface area (Å²) in [5.41, 5.74) is 1.06. The number of hydrogen-bond acceptors (Lipinski definition) is 4. The highest BCUT2D eigenvalue weighted by molar-refractivity contribution is 7.98. The average molecular weight is 336 g/mol. The van der Waals surface area contributed by atoms with Crippen LogP contribution < -0.4 is 10.9 Å². The van der Waals surface area contributed by atoms with E-state index >= 15 is 0 Å². The highest BCUT2D eigenvalue weighted by atomic mass is 35.5. The SMILES string of the molecule is CSc1nc(=O)c2c(n1C)NC(=O)C[C@H]2c1cccc(Cl)c1. The first-order chi connectivity index (χ1) is 10.5. The minimum absolute atomic E-state index is 0.120. The lowest BCUT2D eigenvalue weighted by molar-refractivity contribution is -0.116. The smallest absolute Gasteiger partial charge is 0.279 e. The second-order valence-corrected chi connectivity index (χ2v) is 6.29. The quantitative estimate of drug-likeness (QED) is 0.677. The molecule has 0 bridgehead atoms. The number of anilines is 1. The maximum absolute atomic E-state index is 12.4. The Bertz CT molecular complexity index is 819. The van der Waals surface area contributed by atoms with Gasteiger partial charge in [-0.3, -0.25) is 9.59 Å². The molecule has 3 rings (SSSR count). The van der Waals surface area contributed by atoms with E-state index in [4.69, 9.17) is 11.6 Å². The summed E-state index contributed by atoms with van der Waals surface area (Å²) in [6, 6.07) is 7.25. The topological polar surface area (TPSA) is 64.0 Å². The molecule has 0 aliphatic carbocycles. The van der Waals surface area contributed by atoms with Crippen molar-refractivity contribution >= 4 is 35.1 Å². The molecule has 1 N–H and O–H groups in total. The number of benzene rings is 1. The first-order valence-corrected chi connectivity index (χ1v) is 8.31. The molecule has 1 aliphatic heterocycles. The van der Waals surface area contributed by atoms with Crippen LogP contribution in [0.15, 0.2) is 34.2 Å². The fraction of sp³-hybridized carbons (Fsp3) is 0.267. The molecule has 1 atom stereocenters. The molecule has 5 nitrogen and oxygen atoms in total. The van der Waals surface area contributed by atoms with Gasteiger partial charge < -0.3 is 9.88 Å². The van der Waals surface area contributed by atoms with Crippen LogP contribution in [0.2, 0.25) is 5.02 Å². The minimum atomic E-state index is -0.329. The van der Waals surface area contributed by atoms with Crippen LogP contribution in [0.4, 0.5) is 5.82 Å². The molecule has 0 radical (unpaired) electrons. The molecule has 2 aromatic rings. The van der Waals surface area contributed by atoms with Gasteiger partial charge in [-0.1, -0.05) is 35.5 Å². The number of halogens is 1. The Kier molecular flexibility index (Phi) is 3.97. The molecule has 0 unspecified atom stereocenters. The molecule has 1 amide bonds. The fourth-order valence-corrected chi connectivity index (χ4v) is 3.46. The normalized spacial score (nSPS) is 17.0. The highest BCUT2D eigenvalue weighted by Gasteiger charge is 2.31. The van der Waals surface area contributed by atoms with Crippen molar-refractivity contribution in [3.63, 3.8) is 0 Å². The van der Waals surface area contributed by atoms with Gasteiger partial charge in [0, 0.05) is 24.4 Å². The zero-order valence-corrected chi connectivity index (χ0v) is 13.7. The van der Waals surface area contributed by atoms with Crippen LogP contribution in [0.5, 0.6) is 0 Å². The number of amides is 1. The van der Waals surface area contributed by atoms with E-state index in [1.54, 1.807) is 23.7 Å². The fourth-order valence-electron chi connectivity index (χ4n) is 2.73. The third kappa shape index (κ3) is 2.53. The standard InChI is InChI=1S/C15H14ClN3O2S/c1-19-13-12(14(21)18-15(19)22-2)10(7-11(20)17-13)8-4-3-5-9(16)6-8/h3-6,10H,7H2,1-2H3,(H,17,20)/t10-/m0/s1. The van der Waals surface area contributed by atoms with Crippen LogP contribution in [0.1, 0.15) is 23.5 Å². The van der Waals surface area contributed by atoms with Crippen LogP contribution in [-0.2, 0) is 11.8 Å². The van der Waals surface area contributed by atoms with Crippen LogP contribution in [0.3, 0.4) is 0 Å². The lowest BCUT2D eigenvalue weighted by Gasteiger charge is -2.27. The first-order valence-electron chi connectivity index (χ1n) is 6.71. The van der Waals surface area contributed by atoms with Crippen molar-refractivity contribution in [3.05, 3.63) is 50.8 Å². The molecule has 0 saturated carbocycles. The van der Waals surface area contributed by atoms with Gasteiger partial charge in [0.2, 0.25) is 5.91 Å². The van der Waals surface area contributed by atoms with Gasteiger partial charge >= 0.3 is 0 Å². The van der Waals surface area contributed by atoms with Gasteiger partial charge in [0.25, 0.3) is 5.56 Å². The molecule has 1 aromatic carbocycles. The van der Waals surface area contributed by atoms with E-state index in [1.165, 1.54) is 11.8 Å². The Morgan fingerprint density at radius 1 is 1.41 bits per heavy atom. The Labute approximate surface area is 136 Å². The number of hydrogen-bond donors (Lipinski definition) is 1. The van der Waals surface area contributed by atoms with Crippen molar-refractivity contribution in [2.24, 2.45) is 7.05 Å². The van der Waals surface area contributed by atoms with E-state index < -0.39 is 0 Å². The number of rotatable bonds is 2. The number of fused-ring (bicyclic) bond motifs is 1. The molecule has 22 heavy (non-hydrogen) atoms. The third-order valence-corrected chi connectivity index (χ3v) is 4.70. The van der Waals surface area contributed by atoms with Crippen molar-refractivity contribution in [2.45, 2.75) is 17.5 Å². The molecule has 1 aromatic heterocycles. The van der Waals surface area contributed by atoms with Crippen molar-refractivity contribution in [2.75, 3.05) is 11.6 Å². The summed E-state index contributed by atoms with van der Waals surface area (Å²) < 4.78 is 1.75. The number of carbonyl (C=O) groups excluding carboxylic acids is 1. The number of nitrogens with zero attached hydrogens (tertiary/aromatic N) is 2. The van der Waals surface area contributed by atoms with Crippen LogP contribution in [-0.4, -0.2) is 21.7 Å². The summed E-state index contributed by atoms with van der Waals surface area (Å²) in [4.78, 5) is 28.6. The number of carbonyl (C=O) groups is 1. The van der Waals surface area contributed by atoms with Gasteiger partial charge in [-0.25, -0.2) is 0 Å². The minimum Gasteiger partial charge on any atom is -0.312 e. The molecule has 0 spiro atoms. The summed E-state index contributed by atoms with van der Waals surface area (Å²) in [5, 5.41) is 3.94. The molecule has 1 aliphatic rings. The second-order valence-electron chi connectivity index (χ2n) is 5.08. The van der Waals surface area contributed by atoms with Gasteiger partial charge in [-0.15, -0.1) is 0 Å². The second kappa shape index (κ2) is 5.78. The number of aromatic nitrogens is 2. The molecular formula is C15H14ClN3O2S. The maximum atomic E-state index is 12.4. The molecule has 7 heteroatoms. The van der Waals surface area contributed by atoms with Gasteiger partial charge in [-0.05, 0) is 24.0 Å². The number of nitrogens with one attached hydrogen (secondary N) is 1. The van der Waals surface area contributed by atoms with Crippen molar-refractivity contribution in [1.82, 2.24) is 9.55 Å². The lowest BCUT2D eigenvalue weighted by atomic mass is 9.87. The maximum Gasteiger partial charge on any atom is 0.279 e. The average Bonchev–Trinajstić information content (AvgIpc) is 2.50. The van der Waals surface area contributed by atoms with Crippen molar-refractivity contribution in [3.8, 4) is 0 Å². The highest BCUT2D eigenvalue weighted by Crippen LogP contribution is 2.36.